The molecule has 8 aromatic rings. The minimum Gasteiger partial charge on any atom is -0.501 e. The number of rotatable bonds is 6. The van der Waals surface area contributed by atoms with Crippen LogP contribution in [0.15, 0.2) is 144 Å². The smallest absolute Gasteiger partial charge is 0.121 e. The van der Waals surface area contributed by atoms with E-state index in [2.05, 4.69) is 101 Å². The molecule has 0 amide bonds. The Morgan fingerprint density at radius 3 is 2.18 bits per heavy atom. The van der Waals surface area contributed by atoms with Crippen molar-refractivity contribution in [1.29, 1.82) is 0 Å². The Balaban J connectivity index is 0.000000177. The third-order valence-electron chi connectivity index (χ3n) is 10.6. The molecule has 3 nitrogen and oxygen atoms in total. The van der Waals surface area contributed by atoms with Gasteiger partial charge in [-0.05, 0) is 47.7 Å². The Bertz CT molecular complexity index is 2630. The second-order valence-electron chi connectivity index (χ2n) is 15.3. The summed E-state index contributed by atoms with van der Waals surface area (Å²) in [5.41, 5.74) is 11.0. The summed E-state index contributed by atoms with van der Waals surface area (Å²) in [5.74, 6) is 7.66. The van der Waals surface area contributed by atoms with Crippen molar-refractivity contribution in [2.24, 2.45) is 0 Å². The van der Waals surface area contributed by atoms with Crippen LogP contribution in [0.4, 0.5) is 0 Å². The minimum atomic E-state index is -2.18. The van der Waals surface area contributed by atoms with Crippen LogP contribution in [0.2, 0.25) is 17.3 Å². The fraction of sp³-hybridized carbons (Fsp3) is 0.200. The minimum absolute atomic E-state index is 0. The van der Waals surface area contributed by atoms with E-state index in [0.717, 1.165) is 55.6 Å². The van der Waals surface area contributed by atoms with Gasteiger partial charge in [-0.2, -0.15) is 0 Å². The summed E-state index contributed by atoms with van der Waals surface area (Å²) in [7, 11) is 0. The molecule has 0 unspecified atom stereocenters. The summed E-state index contributed by atoms with van der Waals surface area (Å²) in [4.78, 5) is 9.32. The summed E-state index contributed by atoms with van der Waals surface area (Å²) in [6, 6.07) is 49.2. The molecule has 3 heterocycles. The molecule has 3 aromatic heterocycles. The molecule has 1 aliphatic carbocycles. The molecule has 5 aromatic carbocycles. The van der Waals surface area contributed by atoms with Crippen LogP contribution in [0.1, 0.15) is 53.3 Å². The molecule has 0 saturated heterocycles. The molecule has 0 aliphatic heterocycles. The molecule has 1 saturated carbocycles. The van der Waals surface area contributed by atoms with Gasteiger partial charge in [0, 0.05) is 31.7 Å². The topological polar surface area (TPSA) is 38.9 Å². The van der Waals surface area contributed by atoms with Gasteiger partial charge in [-0.1, -0.05) is 84.3 Å². The maximum absolute atomic E-state index is 7.84. The van der Waals surface area contributed by atoms with E-state index in [0.29, 0.717) is 17.0 Å². The molecule has 277 valence electrons. The quantitative estimate of drug-likeness (QED) is 0.123. The van der Waals surface area contributed by atoms with E-state index in [4.69, 9.17) is 13.5 Å². The van der Waals surface area contributed by atoms with Crippen molar-refractivity contribution >= 4 is 39.6 Å². The molecular formula is C50H46GeIrN2O-2. The SMILES string of the molecule is [2H]C([2H])([2H])c1c[c-]c(-c2cc[c]([Ge]([CH3])([CH3])[CH3])cn2)cc1-c1ccccc1.[Ir].[c-]1ccc2c(oc3cc(-c4ccccc4)ccc32)c1-c1cc(C2CCCCC2)ccn1. The first-order chi connectivity index (χ1) is 27.5. The molecule has 55 heavy (non-hydrogen) atoms. The van der Waals surface area contributed by atoms with E-state index >= 15 is 0 Å². The largest absolute Gasteiger partial charge is 0.501 e. The van der Waals surface area contributed by atoms with E-state index in [-0.39, 0.29) is 20.1 Å². The number of nitrogens with zero attached hydrogens (tertiary/aromatic N) is 2. The number of furan rings is 1. The Morgan fingerprint density at radius 2 is 1.47 bits per heavy atom. The monoisotopic (exact) mass is 960 g/mol. The Labute approximate surface area is 346 Å². The van der Waals surface area contributed by atoms with E-state index < -0.39 is 20.1 Å². The molecular weight excluding hydrogens is 909 g/mol. The zero-order chi connectivity index (χ0) is 39.6. The second-order valence-corrected chi connectivity index (χ2v) is 26.0. The molecule has 1 aliphatic rings. The summed E-state index contributed by atoms with van der Waals surface area (Å²) >= 11 is -1.91. The van der Waals surface area contributed by atoms with Crippen molar-refractivity contribution in [3.63, 3.8) is 0 Å². The van der Waals surface area contributed by atoms with Gasteiger partial charge < -0.3 is 9.40 Å². The van der Waals surface area contributed by atoms with E-state index in [9.17, 15) is 0 Å². The number of aromatic nitrogens is 2. The molecule has 0 atom stereocenters. The van der Waals surface area contributed by atoms with Crippen LogP contribution in [0, 0.1) is 19.0 Å². The van der Waals surface area contributed by atoms with Gasteiger partial charge in [-0.3, -0.25) is 0 Å². The molecule has 0 bridgehead atoms. The zero-order valence-corrected chi connectivity index (χ0v) is 36.0. The molecule has 1 fully saturated rings. The fourth-order valence-electron chi connectivity index (χ4n) is 7.51. The fourth-order valence-corrected chi connectivity index (χ4v) is 9.68. The van der Waals surface area contributed by atoms with Gasteiger partial charge in [-0.25, -0.2) is 0 Å². The standard InChI is InChI=1S/C29H24NO.C21H22GeN.Ir/c1-3-8-20(9-4-1)22-14-15-24-25-12-7-13-26(29(25)31-28(24)19-22)27-18-23(16-17-30-27)21-10-5-2-6-11-21;1-16-10-11-18(14-20(16)17-8-6-5-7-9-17)21-13-12-19(15-23-21)22(2,3)4;/h1,3-4,7-9,12,14-19,21H,2,5-6,10-11H2;5-10,12-15H,1-4H3;/q2*-1;/i;1D3;. The van der Waals surface area contributed by atoms with Crippen molar-refractivity contribution < 1.29 is 28.6 Å². The average molecular weight is 959 g/mol. The number of hydrogen-bond donors (Lipinski definition) is 0. The van der Waals surface area contributed by atoms with Crippen LogP contribution in [0.25, 0.3) is 66.7 Å². The van der Waals surface area contributed by atoms with Gasteiger partial charge in [0.15, 0.2) is 0 Å². The Kier molecular flexibility index (Phi) is 10.8. The van der Waals surface area contributed by atoms with Crippen molar-refractivity contribution in [3.8, 4) is 44.8 Å². The van der Waals surface area contributed by atoms with Crippen LogP contribution < -0.4 is 4.40 Å². The van der Waals surface area contributed by atoms with Gasteiger partial charge in [-0.15, -0.1) is 18.2 Å². The van der Waals surface area contributed by atoms with Crippen LogP contribution in [-0.2, 0) is 20.1 Å². The Morgan fingerprint density at radius 1 is 0.709 bits per heavy atom. The molecule has 0 N–H and O–H groups in total. The summed E-state index contributed by atoms with van der Waals surface area (Å²) in [6.07, 6.45) is 10.5. The zero-order valence-electron chi connectivity index (χ0n) is 34.5. The van der Waals surface area contributed by atoms with Crippen LogP contribution >= 0.6 is 0 Å². The van der Waals surface area contributed by atoms with Gasteiger partial charge in [0.25, 0.3) is 0 Å². The first-order valence-electron chi connectivity index (χ1n) is 20.5. The maximum atomic E-state index is 7.84. The summed E-state index contributed by atoms with van der Waals surface area (Å²) in [6.45, 7) is -2.18. The number of hydrogen-bond acceptors (Lipinski definition) is 3. The van der Waals surface area contributed by atoms with Crippen molar-refractivity contribution in [2.45, 2.75) is 62.1 Å². The van der Waals surface area contributed by atoms with Gasteiger partial charge >= 0.3 is 146 Å². The van der Waals surface area contributed by atoms with E-state index in [1.54, 1.807) is 6.07 Å². The van der Waals surface area contributed by atoms with E-state index in [1.165, 1.54) is 47.6 Å². The third-order valence-corrected chi connectivity index (χ3v) is 14.9. The van der Waals surface area contributed by atoms with Gasteiger partial charge in [0.05, 0.1) is 5.58 Å². The first-order valence-corrected chi connectivity index (χ1v) is 26.3. The second kappa shape index (κ2) is 17.0. The molecule has 5 heteroatoms. The first kappa shape index (κ1) is 34.9. The van der Waals surface area contributed by atoms with Gasteiger partial charge in [0.2, 0.25) is 0 Å². The average Bonchev–Trinajstić information content (AvgIpc) is 3.62. The number of fused-ring (bicyclic) bond motifs is 3. The van der Waals surface area contributed by atoms with E-state index in [1.807, 2.05) is 67.0 Å². The molecule has 0 spiro atoms. The maximum Gasteiger partial charge on any atom is 0.121 e. The number of benzene rings is 5. The van der Waals surface area contributed by atoms with Crippen LogP contribution in [0.5, 0.6) is 0 Å². The predicted molar refractivity (Wildman–Crippen MR) is 229 cm³/mol. The van der Waals surface area contributed by atoms with Crippen molar-refractivity contribution in [1.82, 2.24) is 9.97 Å². The normalized spacial score (nSPS) is 14.3. The summed E-state index contributed by atoms with van der Waals surface area (Å²) < 4.78 is 31.3. The number of pyridine rings is 2. The van der Waals surface area contributed by atoms with Gasteiger partial charge in [0.1, 0.15) is 5.58 Å². The third kappa shape index (κ3) is 8.63. The molecule has 1 radical (unpaired) electrons. The predicted octanol–water partition coefficient (Wildman–Crippen LogP) is 13.2. The van der Waals surface area contributed by atoms with Crippen LogP contribution in [-0.4, -0.2) is 23.2 Å². The van der Waals surface area contributed by atoms with Crippen molar-refractivity contribution in [2.75, 3.05) is 0 Å². The summed E-state index contributed by atoms with van der Waals surface area (Å²) in [5, 5.41) is 2.25. The Hall–Kier alpha value is -4.61. The molecule has 9 rings (SSSR count). The number of aryl methyl sites for hydroxylation is 1. The van der Waals surface area contributed by atoms with Crippen LogP contribution in [0.3, 0.4) is 0 Å². The van der Waals surface area contributed by atoms with Crippen molar-refractivity contribution in [3.05, 3.63) is 163 Å².